The highest BCUT2D eigenvalue weighted by Gasteiger charge is 2.18. The minimum Gasteiger partial charge on any atom is -0.0617 e. The molecule has 17 heavy (non-hydrogen) atoms. The maximum atomic E-state index is 2.41. The zero-order chi connectivity index (χ0) is 12.3. The van der Waals surface area contributed by atoms with Gasteiger partial charge in [0, 0.05) is 0 Å². The lowest BCUT2D eigenvalue weighted by atomic mass is 9.79. The van der Waals surface area contributed by atoms with Gasteiger partial charge in [0.15, 0.2) is 0 Å². The zero-order valence-electron chi connectivity index (χ0n) is 11.6. The summed E-state index contributed by atoms with van der Waals surface area (Å²) in [5.41, 5.74) is 3.02. The van der Waals surface area contributed by atoms with Crippen LogP contribution in [-0.4, -0.2) is 0 Å². The minimum absolute atomic E-state index is 0.647. The average Bonchev–Trinajstić information content (AvgIpc) is 2.27. The fourth-order valence-corrected chi connectivity index (χ4v) is 2.66. The maximum Gasteiger partial charge on any atom is -0.0190 e. The number of hydrogen-bond donors (Lipinski definition) is 0. The monoisotopic (exact) mass is 230 g/mol. The molecule has 0 radical (unpaired) electrons. The van der Waals surface area contributed by atoms with E-state index in [0.717, 1.165) is 11.8 Å². The van der Waals surface area contributed by atoms with E-state index in [1.807, 2.05) is 0 Å². The molecule has 0 amide bonds. The van der Waals surface area contributed by atoms with E-state index >= 15 is 0 Å². The van der Waals surface area contributed by atoms with Gasteiger partial charge in [0.2, 0.25) is 0 Å². The summed E-state index contributed by atoms with van der Waals surface area (Å²) < 4.78 is 0. The number of rotatable bonds is 5. The van der Waals surface area contributed by atoms with Crippen molar-refractivity contribution in [2.75, 3.05) is 0 Å². The molecule has 0 aliphatic heterocycles. The molecule has 0 heterocycles. The summed E-state index contributed by atoms with van der Waals surface area (Å²) in [7, 11) is 0. The third-order valence-electron chi connectivity index (χ3n) is 4.38. The van der Waals surface area contributed by atoms with Crippen molar-refractivity contribution in [2.45, 2.75) is 64.7 Å². The molecule has 1 aromatic carbocycles. The lowest BCUT2D eigenvalue weighted by molar-refractivity contribution is 0.284. The van der Waals surface area contributed by atoms with E-state index in [2.05, 4.69) is 45.0 Å². The third kappa shape index (κ3) is 3.34. The summed E-state index contributed by atoms with van der Waals surface area (Å²) in [6.45, 7) is 6.94. The van der Waals surface area contributed by atoms with Crippen LogP contribution < -0.4 is 0 Å². The van der Waals surface area contributed by atoms with E-state index < -0.39 is 0 Å². The highest BCUT2D eigenvalue weighted by Crippen LogP contribution is 2.34. The Morgan fingerprint density at radius 2 is 1.82 bits per heavy atom. The normalized spacial score (nSPS) is 18.1. The van der Waals surface area contributed by atoms with Crippen LogP contribution in [-0.2, 0) is 0 Å². The van der Waals surface area contributed by atoms with Crippen LogP contribution in [0.25, 0.3) is 0 Å². The van der Waals surface area contributed by atoms with Gasteiger partial charge in [-0.05, 0) is 41.7 Å². The topological polar surface area (TPSA) is 0 Å². The van der Waals surface area contributed by atoms with Gasteiger partial charge in [-0.1, -0.05) is 64.3 Å². The molecule has 94 valence electrons. The Balaban J connectivity index is 1.92. The summed E-state index contributed by atoms with van der Waals surface area (Å²) in [5, 5.41) is 0. The van der Waals surface area contributed by atoms with Gasteiger partial charge in [-0.2, -0.15) is 0 Å². The Bertz CT molecular complexity index is 347. The van der Waals surface area contributed by atoms with Crippen LogP contribution in [0, 0.1) is 5.92 Å². The molecule has 1 atom stereocenters. The number of hydrogen-bond acceptors (Lipinski definition) is 0. The van der Waals surface area contributed by atoms with E-state index in [1.165, 1.54) is 43.2 Å². The lowest BCUT2D eigenvalue weighted by Gasteiger charge is -2.26. The Morgan fingerprint density at radius 1 is 1.12 bits per heavy atom. The molecule has 1 fully saturated rings. The van der Waals surface area contributed by atoms with Gasteiger partial charge in [0.1, 0.15) is 0 Å². The van der Waals surface area contributed by atoms with Crippen molar-refractivity contribution in [1.82, 2.24) is 0 Å². The van der Waals surface area contributed by atoms with Gasteiger partial charge < -0.3 is 0 Å². The largest absolute Gasteiger partial charge is 0.0617 e. The van der Waals surface area contributed by atoms with Crippen molar-refractivity contribution in [3.05, 3.63) is 35.4 Å². The van der Waals surface area contributed by atoms with E-state index in [9.17, 15) is 0 Å². The molecular weight excluding hydrogens is 204 g/mol. The van der Waals surface area contributed by atoms with E-state index in [4.69, 9.17) is 0 Å². The molecule has 0 heteroatoms. The molecule has 0 saturated heterocycles. The van der Waals surface area contributed by atoms with Crippen molar-refractivity contribution in [2.24, 2.45) is 5.92 Å². The molecule has 1 aliphatic rings. The van der Waals surface area contributed by atoms with Gasteiger partial charge in [0.25, 0.3) is 0 Å². The summed E-state index contributed by atoms with van der Waals surface area (Å²) >= 11 is 0. The maximum absolute atomic E-state index is 2.41. The van der Waals surface area contributed by atoms with Crippen LogP contribution in [0.15, 0.2) is 24.3 Å². The van der Waals surface area contributed by atoms with E-state index in [0.29, 0.717) is 5.92 Å². The standard InChI is InChI=1S/C17H26/c1-13(2)16-8-5-9-17(12-16)14(3)10-11-15-6-4-7-15/h5,8-9,12-15H,4,6-7,10-11H2,1-3H3. The van der Waals surface area contributed by atoms with Gasteiger partial charge in [0.05, 0.1) is 0 Å². The first-order valence-electron chi connectivity index (χ1n) is 7.26. The van der Waals surface area contributed by atoms with Crippen LogP contribution in [0.5, 0.6) is 0 Å². The molecule has 1 aliphatic carbocycles. The van der Waals surface area contributed by atoms with Crippen LogP contribution in [0.1, 0.15) is 75.8 Å². The summed E-state index contributed by atoms with van der Waals surface area (Å²) in [6.07, 6.45) is 7.25. The smallest absolute Gasteiger partial charge is 0.0190 e. The summed E-state index contributed by atoms with van der Waals surface area (Å²) in [5.74, 6) is 2.42. The Kier molecular flexibility index (Phi) is 4.25. The Hall–Kier alpha value is -0.780. The minimum atomic E-state index is 0.647. The van der Waals surface area contributed by atoms with Gasteiger partial charge in [-0.3, -0.25) is 0 Å². The van der Waals surface area contributed by atoms with Crippen molar-refractivity contribution in [3.8, 4) is 0 Å². The molecule has 2 rings (SSSR count). The SMILES string of the molecule is CC(C)c1cccc(C(C)CCC2CCC2)c1. The van der Waals surface area contributed by atoms with Crippen LogP contribution >= 0.6 is 0 Å². The molecule has 1 unspecified atom stereocenters. The van der Waals surface area contributed by atoms with Crippen LogP contribution in [0.3, 0.4) is 0 Å². The first-order chi connectivity index (χ1) is 8.16. The highest BCUT2D eigenvalue weighted by atomic mass is 14.2. The first-order valence-corrected chi connectivity index (χ1v) is 7.26. The van der Waals surface area contributed by atoms with Crippen LogP contribution in [0.4, 0.5) is 0 Å². The summed E-state index contributed by atoms with van der Waals surface area (Å²) in [4.78, 5) is 0. The van der Waals surface area contributed by atoms with Crippen molar-refractivity contribution < 1.29 is 0 Å². The molecule has 0 aromatic heterocycles. The van der Waals surface area contributed by atoms with E-state index in [-0.39, 0.29) is 0 Å². The predicted molar refractivity (Wildman–Crippen MR) is 75.5 cm³/mol. The molecule has 0 nitrogen and oxygen atoms in total. The fourth-order valence-electron chi connectivity index (χ4n) is 2.66. The second-order valence-corrected chi connectivity index (χ2v) is 6.10. The van der Waals surface area contributed by atoms with Gasteiger partial charge in [-0.25, -0.2) is 0 Å². The zero-order valence-corrected chi connectivity index (χ0v) is 11.6. The predicted octanol–water partition coefficient (Wildman–Crippen LogP) is 5.49. The van der Waals surface area contributed by atoms with Crippen molar-refractivity contribution in [3.63, 3.8) is 0 Å². The van der Waals surface area contributed by atoms with Crippen molar-refractivity contribution in [1.29, 1.82) is 0 Å². The summed E-state index contributed by atoms with van der Waals surface area (Å²) in [6, 6.07) is 9.20. The molecule has 1 saturated carbocycles. The second-order valence-electron chi connectivity index (χ2n) is 6.10. The highest BCUT2D eigenvalue weighted by molar-refractivity contribution is 5.27. The molecule has 0 bridgehead atoms. The quantitative estimate of drug-likeness (QED) is 0.627. The number of benzene rings is 1. The van der Waals surface area contributed by atoms with Gasteiger partial charge >= 0.3 is 0 Å². The van der Waals surface area contributed by atoms with E-state index in [1.54, 1.807) is 0 Å². The molecule has 0 N–H and O–H groups in total. The second kappa shape index (κ2) is 5.71. The Labute approximate surface area is 106 Å². The molecule has 0 spiro atoms. The third-order valence-corrected chi connectivity index (χ3v) is 4.38. The fraction of sp³-hybridized carbons (Fsp3) is 0.647. The molecule has 1 aromatic rings. The average molecular weight is 230 g/mol. The van der Waals surface area contributed by atoms with Crippen LogP contribution in [0.2, 0.25) is 0 Å². The van der Waals surface area contributed by atoms with Gasteiger partial charge in [-0.15, -0.1) is 0 Å². The van der Waals surface area contributed by atoms with Crippen molar-refractivity contribution >= 4 is 0 Å². The first kappa shape index (κ1) is 12.7. The molecular formula is C17H26. The Morgan fingerprint density at radius 3 is 2.41 bits per heavy atom. The lowest BCUT2D eigenvalue weighted by Crippen LogP contribution is -2.11.